The average molecular weight is 503 g/mol. The molecular weight excluding hydrogens is 468 g/mol. The van der Waals surface area contributed by atoms with E-state index in [-0.39, 0.29) is 18.4 Å². The predicted octanol–water partition coefficient (Wildman–Crippen LogP) is 3.17. The van der Waals surface area contributed by atoms with Crippen molar-refractivity contribution in [1.82, 2.24) is 20.5 Å². The number of amides is 3. The molecule has 2 heterocycles. The smallest absolute Gasteiger partial charge is 0.408 e. The topological polar surface area (TPSA) is 121 Å². The molecule has 0 bridgehead atoms. The Balaban J connectivity index is 1.64. The number of rotatable bonds is 7. The molecule has 3 rings (SSSR count). The summed E-state index contributed by atoms with van der Waals surface area (Å²) < 4.78 is 5.16. The molecule has 1 fully saturated rings. The summed E-state index contributed by atoms with van der Waals surface area (Å²) in [5.74, 6) is -0.687. The van der Waals surface area contributed by atoms with Crippen molar-refractivity contribution < 1.29 is 24.2 Å². The molecule has 0 spiro atoms. The molecule has 1 aromatic heterocycles. The summed E-state index contributed by atoms with van der Waals surface area (Å²) in [5.41, 5.74) is 3.87. The highest BCUT2D eigenvalue weighted by atomic mass is 32.1. The molecular formula is C25H34N4O5S. The van der Waals surface area contributed by atoms with Crippen LogP contribution in [0.25, 0.3) is 10.4 Å². The fourth-order valence-electron chi connectivity index (χ4n) is 4.05. The lowest BCUT2D eigenvalue weighted by molar-refractivity contribution is -0.138. The van der Waals surface area contributed by atoms with Gasteiger partial charge in [-0.25, -0.2) is 9.78 Å². The normalized spacial score (nSPS) is 17.5. The first-order valence-electron chi connectivity index (χ1n) is 11.7. The first kappa shape index (κ1) is 26.6. The second-order valence-corrected chi connectivity index (χ2v) is 10.6. The number of ether oxygens (including phenoxy) is 1. The Labute approximate surface area is 209 Å². The molecule has 1 aliphatic heterocycles. The number of hydrogen-bond donors (Lipinski definition) is 3. The zero-order valence-corrected chi connectivity index (χ0v) is 21.6. The van der Waals surface area contributed by atoms with E-state index >= 15 is 0 Å². The Hall–Kier alpha value is -2.98. The van der Waals surface area contributed by atoms with Crippen molar-refractivity contribution in [2.24, 2.45) is 0 Å². The van der Waals surface area contributed by atoms with Crippen molar-refractivity contribution in [2.75, 3.05) is 13.1 Å². The molecule has 10 heteroatoms. The monoisotopic (exact) mass is 502 g/mol. The third kappa shape index (κ3) is 7.02. The summed E-state index contributed by atoms with van der Waals surface area (Å²) in [6.07, 6.45) is -0.329. The lowest BCUT2D eigenvalue weighted by Gasteiger charge is -2.28. The molecule has 2 aromatic rings. The number of hydrogen-bond acceptors (Lipinski definition) is 7. The highest BCUT2D eigenvalue weighted by molar-refractivity contribution is 7.13. The SMILES string of the molecule is Cc1ncsc1-c1ccc(C(NC(=O)C2CCCN2C(=O)CNC(=O)OC(C)(C)C)C(C)O)cc1. The predicted molar refractivity (Wildman–Crippen MR) is 134 cm³/mol. The summed E-state index contributed by atoms with van der Waals surface area (Å²) in [4.78, 5) is 44.6. The average Bonchev–Trinajstić information content (AvgIpc) is 3.44. The minimum Gasteiger partial charge on any atom is -0.444 e. The summed E-state index contributed by atoms with van der Waals surface area (Å²) in [6.45, 7) is 8.96. The number of carbonyl (C=O) groups is 3. The van der Waals surface area contributed by atoms with E-state index in [0.717, 1.165) is 21.7 Å². The molecule has 0 aliphatic carbocycles. The quantitative estimate of drug-likeness (QED) is 0.535. The molecule has 35 heavy (non-hydrogen) atoms. The fraction of sp³-hybridized carbons (Fsp3) is 0.520. The number of likely N-dealkylation sites (tertiary alicyclic amines) is 1. The zero-order valence-electron chi connectivity index (χ0n) is 20.8. The number of benzene rings is 1. The number of carbonyl (C=O) groups excluding carboxylic acids is 3. The number of alkyl carbamates (subject to hydrolysis) is 1. The molecule has 190 valence electrons. The maximum absolute atomic E-state index is 13.1. The Morgan fingerprint density at radius 1 is 1.26 bits per heavy atom. The van der Waals surface area contributed by atoms with Crippen molar-refractivity contribution >= 4 is 29.2 Å². The van der Waals surface area contributed by atoms with Crippen LogP contribution in [0.4, 0.5) is 4.79 Å². The maximum atomic E-state index is 13.1. The molecule has 1 aliphatic rings. The lowest BCUT2D eigenvalue weighted by atomic mass is 9.99. The summed E-state index contributed by atoms with van der Waals surface area (Å²) >= 11 is 1.56. The summed E-state index contributed by atoms with van der Waals surface area (Å²) in [6, 6.07) is 6.37. The second kappa shape index (κ2) is 11.2. The number of aliphatic hydroxyl groups is 1. The van der Waals surface area contributed by atoms with Gasteiger partial charge in [0.25, 0.3) is 0 Å². The van der Waals surface area contributed by atoms with Gasteiger partial charge >= 0.3 is 6.09 Å². The van der Waals surface area contributed by atoms with Crippen LogP contribution in [0.1, 0.15) is 57.8 Å². The van der Waals surface area contributed by atoms with Crippen molar-refractivity contribution in [3.05, 3.63) is 41.0 Å². The van der Waals surface area contributed by atoms with Gasteiger partial charge in [-0.1, -0.05) is 24.3 Å². The van der Waals surface area contributed by atoms with E-state index in [4.69, 9.17) is 4.74 Å². The third-order valence-electron chi connectivity index (χ3n) is 5.72. The van der Waals surface area contributed by atoms with Crippen LogP contribution in [-0.4, -0.2) is 63.7 Å². The number of nitrogens with zero attached hydrogens (tertiary/aromatic N) is 2. The second-order valence-electron chi connectivity index (χ2n) is 9.72. The highest BCUT2D eigenvalue weighted by Gasteiger charge is 2.35. The molecule has 0 radical (unpaired) electrons. The van der Waals surface area contributed by atoms with Crippen molar-refractivity contribution in [1.29, 1.82) is 0 Å². The van der Waals surface area contributed by atoms with E-state index < -0.39 is 29.9 Å². The summed E-state index contributed by atoms with van der Waals surface area (Å²) in [7, 11) is 0. The third-order valence-corrected chi connectivity index (χ3v) is 6.69. The van der Waals surface area contributed by atoms with E-state index in [1.54, 1.807) is 44.5 Å². The van der Waals surface area contributed by atoms with E-state index in [2.05, 4.69) is 15.6 Å². The number of aryl methyl sites for hydroxylation is 1. The summed E-state index contributed by atoms with van der Waals surface area (Å²) in [5, 5.41) is 15.8. The molecule has 3 unspecified atom stereocenters. The van der Waals surface area contributed by atoms with Gasteiger partial charge in [0.15, 0.2) is 0 Å². The van der Waals surface area contributed by atoms with Gasteiger partial charge in [-0.15, -0.1) is 11.3 Å². The number of aliphatic hydroxyl groups excluding tert-OH is 1. The zero-order chi connectivity index (χ0) is 25.8. The molecule has 0 saturated carbocycles. The first-order valence-corrected chi connectivity index (χ1v) is 12.6. The number of aromatic nitrogens is 1. The van der Waals surface area contributed by atoms with Gasteiger partial charge in [-0.2, -0.15) is 0 Å². The van der Waals surface area contributed by atoms with Crippen molar-refractivity contribution in [2.45, 2.75) is 71.2 Å². The Morgan fingerprint density at radius 3 is 2.51 bits per heavy atom. The van der Waals surface area contributed by atoms with Crippen LogP contribution in [0.3, 0.4) is 0 Å². The van der Waals surface area contributed by atoms with Crippen LogP contribution < -0.4 is 10.6 Å². The van der Waals surface area contributed by atoms with E-state index in [1.807, 2.05) is 31.2 Å². The first-order chi connectivity index (χ1) is 16.5. The standard InChI is InChI=1S/C25H34N4O5S/c1-15-22(35-14-27-15)18-10-8-17(9-11-18)21(16(2)30)28-23(32)19-7-6-12-29(19)20(31)13-26-24(33)34-25(3,4)5/h8-11,14,16,19,21,30H,6-7,12-13H2,1-5H3,(H,26,33)(H,28,32). The van der Waals surface area contributed by atoms with Crippen molar-refractivity contribution in [3.8, 4) is 10.4 Å². The fourth-order valence-corrected chi connectivity index (χ4v) is 4.87. The van der Waals surface area contributed by atoms with Crippen LogP contribution >= 0.6 is 11.3 Å². The Bertz CT molecular complexity index is 1040. The highest BCUT2D eigenvalue weighted by Crippen LogP contribution is 2.29. The molecule has 1 aromatic carbocycles. The van der Waals surface area contributed by atoms with Gasteiger partial charge < -0.3 is 25.4 Å². The van der Waals surface area contributed by atoms with Gasteiger partial charge in [0.1, 0.15) is 18.2 Å². The largest absolute Gasteiger partial charge is 0.444 e. The molecule has 3 atom stereocenters. The molecule has 9 nitrogen and oxygen atoms in total. The minimum absolute atomic E-state index is 0.253. The van der Waals surface area contributed by atoms with E-state index in [1.165, 1.54) is 4.90 Å². The molecule has 3 N–H and O–H groups in total. The number of nitrogens with one attached hydrogen (secondary N) is 2. The van der Waals surface area contributed by atoms with E-state index in [9.17, 15) is 19.5 Å². The van der Waals surface area contributed by atoms with Crippen LogP contribution in [-0.2, 0) is 14.3 Å². The van der Waals surface area contributed by atoms with Crippen LogP contribution in [0.5, 0.6) is 0 Å². The molecule has 1 saturated heterocycles. The Morgan fingerprint density at radius 2 is 1.94 bits per heavy atom. The van der Waals surface area contributed by atoms with Gasteiger partial charge in [-0.05, 0) is 58.6 Å². The number of thiazole rings is 1. The van der Waals surface area contributed by atoms with Gasteiger partial charge in [0, 0.05) is 6.54 Å². The van der Waals surface area contributed by atoms with Gasteiger partial charge in [-0.3, -0.25) is 9.59 Å². The van der Waals surface area contributed by atoms with Crippen LogP contribution in [0, 0.1) is 6.92 Å². The van der Waals surface area contributed by atoms with Gasteiger partial charge in [0.2, 0.25) is 11.8 Å². The lowest BCUT2D eigenvalue weighted by Crippen LogP contribution is -2.50. The Kier molecular flexibility index (Phi) is 8.50. The molecule has 3 amide bonds. The van der Waals surface area contributed by atoms with E-state index in [0.29, 0.717) is 19.4 Å². The maximum Gasteiger partial charge on any atom is 0.408 e. The van der Waals surface area contributed by atoms with Gasteiger partial charge in [0.05, 0.1) is 28.2 Å². The minimum atomic E-state index is -0.839. The van der Waals surface area contributed by atoms with Crippen LogP contribution in [0.15, 0.2) is 29.8 Å². The van der Waals surface area contributed by atoms with Crippen LogP contribution in [0.2, 0.25) is 0 Å². The van der Waals surface area contributed by atoms with Crippen molar-refractivity contribution in [3.63, 3.8) is 0 Å².